The van der Waals surface area contributed by atoms with Gasteiger partial charge in [0.2, 0.25) is 0 Å². The Morgan fingerprint density at radius 3 is 2.48 bits per heavy atom. The van der Waals surface area contributed by atoms with Gasteiger partial charge in [0.25, 0.3) is 10.0 Å². The molecule has 3 aliphatic rings. The number of fused-ring (bicyclic) bond motifs is 1. The highest BCUT2D eigenvalue weighted by Crippen LogP contribution is 2.36. The fourth-order valence-corrected chi connectivity index (χ4v) is 5.80. The highest BCUT2D eigenvalue weighted by atomic mass is 79.9. The Morgan fingerprint density at radius 2 is 1.84 bits per heavy atom. The molecule has 2 heterocycles. The number of rotatable bonds is 5. The standard InChI is InChI=1S/C18H18BrNO3S.C5H10O2/c19-16-11-15(7-8-18(16)23-12-13-5-6-13)24(21,22)20-10-9-14-3-1-2-4-17(14)20;6-5-1-3-7-4-2-5/h1-4,7-8,11,13H,5-6,9-10,12H2;5-6H,1-4H2. The average molecular weight is 510 g/mol. The predicted molar refractivity (Wildman–Crippen MR) is 123 cm³/mol. The molecule has 2 fully saturated rings. The molecule has 1 aliphatic carbocycles. The van der Waals surface area contributed by atoms with Gasteiger partial charge in [-0.05, 0) is 83.8 Å². The van der Waals surface area contributed by atoms with E-state index in [0.717, 1.165) is 43.7 Å². The van der Waals surface area contributed by atoms with E-state index in [1.807, 2.05) is 24.3 Å². The molecule has 168 valence electrons. The Balaban J connectivity index is 0.000000282. The second-order valence-electron chi connectivity index (χ2n) is 8.15. The minimum atomic E-state index is -3.56. The van der Waals surface area contributed by atoms with Crippen molar-refractivity contribution < 1.29 is 23.0 Å². The predicted octanol–water partition coefficient (Wildman–Crippen LogP) is 4.15. The summed E-state index contributed by atoms with van der Waals surface area (Å²) in [5.41, 5.74) is 1.85. The van der Waals surface area contributed by atoms with Crippen LogP contribution in [0.1, 0.15) is 31.2 Å². The maximum Gasteiger partial charge on any atom is 0.264 e. The van der Waals surface area contributed by atoms with Crippen LogP contribution >= 0.6 is 15.9 Å². The number of aliphatic hydroxyl groups excluding tert-OH is 1. The zero-order chi connectivity index (χ0) is 21.8. The summed E-state index contributed by atoms with van der Waals surface area (Å²) < 4.78 is 38.9. The van der Waals surface area contributed by atoms with Gasteiger partial charge in [-0.3, -0.25) is 4.31 Å². The van der Waals surface area contributed by atoms with Crippen molar-refractivity contribution in [3.63, 3.8) is 0 Å². The van der Waals surface area contributed by atoms with Gasteiger partial charge in [0, 0.05) is 19.8 Å². The Labute approximate surface area is 192 Å². The Hall–Kier alpha value is -1.61. The van der Waals surface area contributed by atoms with Crippen molar-refractivity contribution in [1.82, 2.24) is 0 Å². The first kappa shape index (κ1) is 22.6. The molecule has 1 N–H and O–H groups in total. The molecule has 5 rings (SSSR count). The zero-order valence-electron chi connectivity index (χ0n) is 17.4. The van der Waals surface area contributed by atoms with Crippen molar-refractivity contribution in [2.75, 3.05) is 30.7 Å². The summed E-state index contributed by atoms with van der Waals surface area (Å²) in [4.78, 5) is 0.282. The zero-order valence-corrected chi connectivity index (χ0v) is 19.8. The van der Waals surface area contributed by atoms with Crippen LogP contribution in [0.3, 0.4) is 0 Å². The summed E-state index contributed by atoms with van der Waals surface area (Å²) in [7, 11) is -3.56. The van der Waals surface area contributed by atoms with E-state index in [1.165, 1.54) is 17.1 Å². The van der Waals surface area contributed by atoms with E-state index in [0.29, 0.717) is 29.3 Å². The summed E-state index contributed by atoms with van der Waals surface area (Å²) in [5, 5.41) is 8.83. The van der Waals surface area contributed by atoms with Crippen LogP contribution in [0.2, 0.25) is 0 Å². The van der Waals surface area contributed by atoms with Gasteiger partial charge in [0.1, 0.15) is 5.75 Å². The molecular weight excluding hydrogens is 482 g/mol. The smallest absolute Gasteiger partial charge is 0.264 e. The molecule has 31 heavy (non-hydrogen) atoms. The first-order chi connectivity index (χ1) is 14.9. The lowest BCUT2D eigenvalue weighted by Gasteiger charge is -2.20. The quantitative estimate of drug-likeness (QED) is 0.655. The molecule has 1 saturated heterocycles. The van der Waals surface area contributed by atoms with Crippen LogP contribution in [0.4, 0.5) is 5.69 Å². The van der Waals surface area contributed by atoms with Gasteiger partial charge in [-0.1, -0.05) is 18.2 Å². The minimum Gasteiger partial charge on any atom is -0.492 e. The van der Waals surface area contributed by atoms with Gasteiger partial charge in [0.15, 0.2) is 0 Å². The molecule has 8 heteroatoms. The van der Waals surface area contributed by atoms with Crippen molar-refractivity contribution in [2.24, 2.45) is 5.92 Å². The Bertz CT molecular complexity index is 1000. The number of hydrogen-bond acceptors (Lipinski definition) is 5. The maximum atomic E-state index is 13.0. The van der Waals surface area contributed by atoms with Gasteiger partial charge in [0.05, 0.1) is 27.8 Å². The van der Waals surface area contributed by atoms with Crippen LogP contribution in [0, 0.1) is 5.92 Å². The van der Waals surface area contributed by atoms with E-state index in [9.17, 15) is 8.42 Å². The largest absolute Gasteiger partial charge is 0.492 e. The molecule has 0 bridgehead atoms. The molecule has 0 aromatic heterocycles. The third-order valence-electron chi connectivity index (χ3n) is 5.70. The SMILES string of the molecule is O=S(=O)(c1ccc(OCC2CC2)c(Br)c1)N1CCc2ccccc21.OC1CCOCC1. The number of ether oxygens (including phenoxy) is 2. The van der Waals surface area contributed by atoms with Crippen LogP contribution in [0.5, 0.6) is 5.75 Å². The summed E-state index contributed by atoms with van der Waals surface area (Å²) in [6.07, 6.45) is 4.74. The second-order valence-corrected chi connectivity index (χ2v) is 10.9. The van der Waals surface area contributed by atoms with Crippen molar-refractivity contribution in [3.8, 4) is 5.75 Å². The number of aliphatic hydroxyl groups is 1. The number of benzene rings is 2. The van der Waals surface area contributed by atoms with E-state index in [4.69, 9.17) is 14.6 Å². The summed E-state index contributed by atoms with van der Waals surface area (Å²) in [6.45, 7) is 2.66. The molecule has 1 saturated carbocycles. The number of halogens is 1. The topological polar surface area (TPSA) is 76.1 Å². The third-order valence-corrected chi connectivity index (χ3v) is 8.13. The first-order valence-electron chi connectivity index (χ1n) is 10.7. The van der Waals surface area contributed by atoms with Gasteiger partial charge >= 0.3 is 0 Å². The lowest BCUT2D eigenvalue weighted by molar-refractivity contribution is 0.0140. The van der Waals surface area contributed by atoms with E-state index >= 15 is 0 Å². The van der Waals surface area contributed by atoms with Crippen molar-refractivity contribution in [1.29, 1.82) is 0 Å². The number of hydrogen-bond donors (Lipinski definition) is 1. The number of sulfonamides is 1. The molecule has 0 unspecified atom stereocenters. The summed E-state index contributed by atoms with van der Waals surface area (Å²) >= 11 is 3.44. The van der Waals surface area contributed by atoms with Crippen molar-refractivity contribution >= 4 is 31.6 Å². The fraction of sp³-hybridized carbons (Fsp3) is 0.478. The van der Waals surface area contributed by atoms with Gasteiger partial charge in [-0.15, -0.1) is 0 Å². The highest BCUT2D eigenvalue weighted by Gasteiger charge is 2.31. The molecule has 0 amide bonds. The molecule has 2 aromatic carbocycles. The van der Waals surface area contributed by atoms with Crippen LogP contribution in [0.15, 0.2) is 51.8 Å². The Morgan fingerprint density at radius 1 is 1.10 bits per heavy atom. The van der Waals surface area contributed by atoms with Crippen LogP contribution in [-0.4, -0.2) is 46.0 Å². The van der Waals surface area contributed by atoms with E-state index in [-0.39, 0.29) is 11.0 Å². The third kappa shape index (κ3) is 5.61. The van der Waals surface area contributed by atoms with Crippen molar-refractivity contribution in [3.05, 3.63) is 52.5 Å². The molecule has 6 nitrogen and oxygen atoms in total. The fourth-order valence-electron chi connectivity index (χ4n) is 3.62. The summed E-state index contributed by atoms with van der Waals surface area (Å²) in [5.74, 6) is 1.35. The number of para-hydroxylation sites is 1. The second kappa shape index (κ2) is 9.90. The molecule has 2 aliphatic heterocycles. The van der Waals surface area contributed by atoms with Crippen molar-refractivity contribution in [2.45, 2.75) is 43.1 Å². The molecule has 2 aromatic rings. The van der Waals surface area contributed by atoms with Gasteiger partial charge in [-0.2, -0.15) is 0 Å². The summed E-state index contributed by atoms with van der Waals surface area (Å²) in [6, 6.07) is 12.7. The molecule has 0 radical (unpaired) electrons. The highest BCUT2D eigenvalue weighted by molar-refractivity contribution is 9.10. The van der Waals surface area contributed by atoms with Crippen LogP contribution < -0.4 is 9.04 Å². The lowest BCUT2D eigenvalue weighted by atomic mass is 10.2. The molecular formula is C23H28BrNO5S. The van der Waals surface area contributed by atoms with Crippen LogP contribution in [-0.2, 0) is 21.2 Å². The normalized spacial score (nSPS) is 18.8. The molecule has 0 atom stereocenters. The van der Waals surface area contributed by atoms with E-state index in [1.54, 1.807) is 18.2 Å². The van der Waals surface area contributed by atoms with E-state index < -0.39 is 10.0 Å². The first-order valence-corrected chi connectivity index (χ1v) is 13.0. The van der Waals surface area contributed by atoms with Gasteiger partial charge < -0.3 is 14.6 Å². The van der Waals surface area contributed by atoms with Crippen LogP contribution in [0.25, 0.3) is 0 Å². The maximum absolute atomic E-state index is 13.0. The van der Waals surface area contributed by atoms with Gasteiger partial charge in [-0.25, -0.2) is 8.42 Å². The number of anilines is 1. The molecule has 0 spiro atoms. The lowest BCUT2D eigenvalue weighted by Crippen LogP contribution is -2.29. The monoisotopic (exact) mass is 509 g/mol. The minimum absolute atomic E-state index is 0.0891. The average Bonchev–Trinajstić information content (AvgIpc) is 3.49. The van der Waals surface area contributed by atoms with E-state index in [2.05, 4.69) is 15.9 Å². The number of nitrogens with zero attached hydrogens (tertiary/aromatic N) is 1. The Kier molecular flexibility index (Phi) is 7.21.